The fraction of sp³-hybridized carbons (Fsp3) is 0.909. The zero-order chi connectivity index (χ0) is 9.68. The third-order valence-corrected chi connectivity index (χ3v) is 2.92. The molecule has 0 aromatic carbocycles. The summed E-state index contributed by atoms with van der Waals surface area (Å²) in [7, 11) is 0. The topological polar surface area (TPSA) is 37.3 Å². The number of carbonyl (C=O) groups is 1. The van der Waals surface area contributed by atoms with E-state index < -0.39 is 5.97 Å². The van der Waals surface area contributed by atoms with Crippen LogP contribution in [-0.2, 0) is 4.79 Å². The van der Waals surface area contributed by atoms with Crippen LogP contribution in [0.5, 0.6) is 0 Å². The van der Waals surface area contributed by atoms with Crippen molar-refractivity contribution in [1.29, 1.82) is 0 Å². The first-order chi connectivity index (χ1) is 6.25. The molecule has 2 unspecified atom stereocenters. The van der Waals surface area contributed by atoms with Crippen LogP contribution in [0.2, 0.25) is 0 Å². The number of hydrogen-bond acceptors (Lipinski definition) is 1. The Bertz CT molecular complexity index is 171. The molecule has 78 valence electrons. The summed E-state index contributed by atoms with van der Waals surface area (Å²) in [6, 6.07) is 0. The fourth-order valence-corrected chi connectivity index (χ4v) is 1.88. The molecule has 0 amide bonds. The summed E-state index contributed by atoms with van der Waals surface area (Å²) < 4.78 is 0. The van der Waals surface area contributed by atoms with Crippen molar-refractivity contribution in [2.75, 3.05) is 0 Å². The van der Waals surface area contributed by atoms with E-state index in [0.717, 1.165) is 12.8 Å². The minimum absolute atomic E-state index is 0. The van der Waals surface area contributed by atoms with E-state index >= 15 is 0 Å². The Balaban J connectivity index is 0.00000169. The van der Waals surface area contributed by atoms with Crippen LogP contribution in [0.1, 0.15) is 51.9 Å². The molecule has 3 heteroatoms. The van der Waals surface area contributed by atoms with Crippen LogP contribution in [0, 0.1) is 11.8 Å². The van der Waals surface area contributed by atoms with Gasteiger partial charge in [0.05, 0.1) is 5.92 Å². The molecule has 0 spiro atoms. The summed E-state index contributed by atoms with van der Waals surface area (Å²) >= 11 is 0. The van der Waals surface area contributed by atoms with Crippen molar-refractivity contribution in [2.24, 2.45) is 11.8 Å². The quantitative estimate of drug-likeness (QED) is 0.515. The molecular weight excluding hydrogens is 187 g/mol. The van der Waals surface area contributed by atoms with Gasteiger partial charge < -0.3 is 5.11 Å². The molecule has 1 aliphatic carbocycles. The predicted octanol–water partition coefficient (Wildman–Crippen LogP) is 2.42. The standard InChI is InChI=1S/C11H20O2.Na.H/c1-2-3-4-5-6-7-9-8-10(9)11(12)13;;/h9-10H,2-8H2,1H3,(H,12,13);;. The molecule has 0 saturated heterocycles. The van der Waals surface area contributed by atoms with Gasteiger partial charge in [-0.05, 0) is 18.8 Å². The van der Waals surface area contributed by atoms with E-state index in [1.54, 1.807) is 0 Å². The molecule has 2 nitrogen and oxygen atoms in total. The molecule has 1 N–H and O–H groups in total. The van der Waals surface area contributed by atoms with Crippen LogP contribution in [0.25, 0.3) is 0 Å². The second-order valence-electron chi connectivity index (χ2n) is 4.14. The van der Waals surface area contributed by atoms with E-state index in [4.69, 9.17) is 5.11 Å². The van der Waals surface area contributed by atoms with E-state index in [0.29, 0.717) is 5.92 Å². The molecule has 2 atom stereocenters. The number of rotatable bonds is 7. The Morgan fingerprint density at radius 3 is 2.43 bits per heavy atom. The number of carboxylic acid groups (broad SMARTS) is 1. The molecule has 0 heterocycles. The van der Waals surface area contributed by atoms with Crippen molar-refractivity contribution in [3.63, 3.8) is 0 Å². The monoisotopic (exact) mass is 208 g/mol. The third-order valence-electron chi connectivity index (χ3n) is 2.92. The van der Waals surface area contributed by atoms with Gasteiger partial charge >= 0.3 is 35.5 Å². The van der Waals surface area contributed by atoms with Gasteiger partial charge in [-0.15, -0.1) is 0 Å². The first-order valence-corrected chi connectivity index (χ1v) is 5.48. The van der Waals surface area contributed by atoms with Crippen LogP contribution in [0.15, 0.2) is 0 Å². The summed E-state index contributed by atoms with van der Waals surface area (Å²) in [6.07, 6.45) is 8.52. The van der Waals surface area contributed by atoms with Crippen LogP contribution < -0.4 is 0 Å². The van der Waals surface area contributed by atoms with Crippen molar-refractivity contribution >= 4 is 35.5 Å². The molecule has 0 radical (unpaired) electrons. The molecule has 0 bridgehead atoms. The van der Waals surface area contributed by atoms with E-state index in [-0.39, 0.29) is 35.5 Å². The zero-order valence-electron chi connectivity index (χ0n) is 8.46. The predicted molar refractivity (Wildman–Crippen MR) is 59.8 cm³/mol. The summed E-state index contributed by atoms with van der Waals surface area (Å²) in [5, 5.41) is 8.66. The molecule has 0 aromatic heterocycles. The molecule has 14 heavy (non-hydrogen) atoms. The molecule has 1 fully saturated rings. The Labute approximate surface area is 109 Å². The number of hydrogen-bond donors (Lipinski definition) is 1. The molecule has 1 aliphatic rings. The zero-order valence-corrected chi connectivity index (χ0v) is 8.46. The average Bonchev–Trinajstić information content (AvgIpc) is 2.83. The van der Waals surface area contributed by atoms with Gasteiger partial charge in [0.1, 0.15) is 0 Å². The summed E-state index contributed by atoms with van der Waals surface area (Å²) in [5.74, 6) is -0.0659. The van der Waals surface area contributed by atoms with E-state index in [1.165, 1.54) is 32.1 Å². The number of unbranched alkanes of at least 4 members (excludes halogenated alkanes) is 4. The summed E-state index contributed by atoms with van der Waals surface area (Å²) in [4.78, 5) is 10.5. The maximum absolute atomic E-state index is 10.5. The minimum atomic E-state index is -0.585. The number of carboxylic acids is 1. The molecule has 0 aliphatic heterocycles. The van der Waals surface area contributed by atoms with Gasteiger partial charge in [0.25, 0.3) is 0 Å². The second kappa shape index (κ2) is 7.72. The van der Waals surface area contributed by atoms with Crippen LogP contribution >= 0.6 is 0 Å². The first-order valence-electron chi connectivity index (χ1n) is 5.48. The van der Waals surface area contributed by atoms with Crippen LogP contribution in [0.4, 0.5) is 0 Å². The van der Waals surface area contributed by atoms with Gasteiger partial charge in [-0.2, -0.15) is 0 Å². The maximum atomic E-state index is 10.5. The van der Waals surface area contributed by atoms with Crippen LogP contribution in [-0.4, -0.2) is 40.6 Å². The first kappa shape index (κ1) is 14.5. The Morgan fingerprint density at radius 2 is 1.93 bits per heavy atom. The van der Waals surface area contributed by atoms with Gasteiger partial charge in [-0.25, -0.2) is 0 Å². The average molecular weight is 208 g/mol. The molecule has 0 aromatic rings. The van der Waals surface area contributed by atoms with Crippen molar-refractivity contribution in [1.82, 2.24) is 0 Å². The van der Waals surface area contributed by atoms with Gasteiger partial charge in [0, 0.05) is 0 Å². The Kier molecular flexibility index (Phi) is 7.98. The van der Waals surface area contributed by atoms with E-state index in [1.807, 2.05) is 0 Å². The Morgan fingerprint density at radius 1 is 1.29 bits per heavy atom. The van der Waals surface area contributed by atoms with Crippen LogP contribution in [0.3, 0.4) is 0 Å². The van der Waals surface area contributed by atoms with Gasteiger partial charge in [0.2, 0.25) is 0 Å². The van der Waals surface area contributed by atoms with Crippen molar-refractivity contribution in [3.05, 3.63) is 0 Å². The normalized spacial score (nSPS) is 24.1. The van der Waals surface area contributed by atoms with Crippen molar-refractivity contribution in [2.45, 2.75) is 51.9 Å². The SMILES string of the molecule is CCCCCCCC1CC1C(=O)O.[NaH]. The second-order valence-corrected chi connectivity index (χ2v) is 4.14. The summed E-state index contributed by atoms with van der Waals surface area (Å²) in [5.41, 5.74) is 0. The van der Waals surface area contributed by atoms with E-state index in [9.17, 15) is 4.79 Å². The third kappa shape index (κ3) is 5.38. The van der Waals surface area contributed by atoms with Gasteiger partial charge in [-0.3, -0.25) is 4.79 Å². The number of aliphatic carboxylic acids is 1. The fourth-order valence-electron chi connectivity index (χ4n) is 1.88. The van der Waals surface area contributed by atoms with Gasteiger partial charge in [-0.1, -0.05) is 39.0 Å². The molecule has 1 saturated carbocycles. The van der Waals surface area contributed by atoms with Gasteiger partial charge in [0.15, 0.2) is 0 Å². The summed E-state index contributed by atoms with van der Waals surface area (Å²) in [6.45, 7) is 2.21. The Hall–Kier alpha value is 0.470. The molecule has 1 rings (SSSR count). The van der Waals surface area contributed by atoms with Crippen molar-refractivity contribution in [3.8, 4) is 0 Å². The van der Waals surface area contributed by atoms with Crippen molar-refractivity contribution < 1.29 is 9.90 Å². The van der Waals surface area contributed by atoms with E-state index in [2.05, 4.69) is 6.92 Å². The molecular formula is C11H21NaO2.